The van der Waals surface area contributed by atoms with Crippen LogP contribution in [0.15, 0.2) is 24.8 Å². The van der Waals surface area contributed by atoms with Gasteiger partial charge in [-0.05, 0) is 0 Å². The Balaban J connectivity index is 2.31. The van der Waals surface area contributed by atoms with E-state index in [0.717, 1.165) is 5.56 Å². The van der Waals surface area contributed by atoms with E-state index in [-0.39, 0.29) is 0 Å². The summed E-state index contributed by atoms with van der Waals surface area (Å²) in [5, 5.41) is 2.81. The molecule has 0 saturated carbocycles. The summed E-state index contributed by atoms with van der Waals surface area (Å²) in [6.45, 7) is 0. The molecule has 2 rings (SSSR count). The smallest absolute Gasteiger partial charge is 0.316 e. The second-order valence-electron chi connectivity index (χ2n) is 3.01. The molecule has 1 N–H and O–H groups in total. The van der Waals surface area contributed by atoms with E-state index in [4.69, 9.17) is 4.74 Å². The zero-order chi connectivity index (χ0) is 12.1. The van der Waals surface area contributed by atoms with Gasteiger partial charge in [-0.2, -0.15) is 0 Å². The van der Waals surface area contributed by atoms with Gasteiger partial charge in [0.05, 0.1) is 18.3 Å². The lowest BCUT2D eigenvalue weighted by Gasteiger charge is -2.03. The summed E-state index contributed by atoms with van der Waals surface area (Å²) in [6, 6.07) is 2.08. The van der Waals surface area contributed by atoms with Crippen LogP contribution >= 0.6 is 12.2 Å². The number of nitrogens with zero attached hydrogens (tertiary/aromatic N) is 4. The minimum atomic E-state index is 0.319. The minimum absolute atomic E-state index is 0.319. The number of hydrogen-bond donors (Lipinski definition) is 1. The summed E-state index contributed by atoms with van der Waals surface area (Å²) < 4.78 is 4.88. The average Bonchev–Trinajstić information content (AvgIpc) is 2.40. The van der Waals surface area contributed by atoms with Crippen molar-refractivity contribution < 1.29 is 4.74 Å². The monoisotopic (exact) mass is 247 g/mol. The number of anilines is 1. The largest absolute Gasteiger partial charge is 0.467 e. The fraction of sp³-hybridized carbons (Fsp3) is 0.100. The van der Waals surface area contributed by atoms with Crippen LogP contribution in [0.1, 0.15) is 0 Å². The molecule has 0 aromatic carbocycles. The predicted octanol–water partition coefficient (Wildman–Crippen LogP) is 1.31. The van der Waals surface area contributed by atoms with Gasteiger partial charge in [0.25, 0.3) is 0 Å². The molecule has 0 aliphatic carbocycles. The molecule has 0 fully saturated rings. The Morgan fingerprint density at radius 3 is 2.65 bits per heavy atom. The number of hydrogen-bond acceptors (Lipinski definition) is 6. The average molecular weight is 247 g/mol. The summed E-state index contributed by atoms with van der Waals surface area (Å²) in [5.41, 5.74) is 2.87. The van der Waals surface area contributed by atoms with Gasteiger partial charge in [0.15, 0.2) is 0 Å². The van der Waals surface area contributed by atoms with E-state index in [1.165, 1.54) is 18.9 Å². The summed E-state index contributed by atoms with van der Waals surface area (Å²) >= 11 is 4.69. The first-order valence-corrected chi connectivity index (χ1v) is 5.19. The Kier molecular flexibility index (Phi) is 3.51. The van der Waals surface area contributed by atoms with Crippen LogP contribution < -0.4 is 10.1 Å². The van der Waals surface area contributed by atoms with Crippen LogP contribution in [0.5, 0.6) is 6.01 Å². The van der Waals surface area contributed by atoms with Crippen molar-refractivity contribution in [3.05, 3.63) is 24.8 Å². The molecule has 2 aromatic heterocycles. The van der Waals surface area contributed by atoms with Crippen molar-refractivity contribution in [3.8, 4) is 17.3 Å². The van der Waals surface area contributed by atoms with E-state index in [1.54, 1.807) is 18.5 Å². The summed E-state index contributed by atoms with van der Waals surface area (Å²) in [6.07, 6.45) is 4.71. The summed E-state index contributed by atoms with van der Waals surface area (Å²) in [4.78, 5) is 16.1. The van der Waals surface area contributed by atoms with Gasteiger partial charge in [-0.25, -0.2) is 19.9 Å². The third kappa shape index (κ3) is 2.70. The van der Waals surface area contributed by atoms with Gasteiger partial charge in [-0.1, -0.05) is 12.2 Å². The maximum Gasteiger partial charge on any atom is 0.316 e. The molecule has 0 amide bonds. The van der Waals surface area contributed by atoms with Crippen molar-refractivity contribution in [2.45, 2.75) is 0 Å². The van der Waals surface area contributed by atoms with Gasteiger partial charge >= 0.3 is 6.01 Å². The molecule has 17 heavy (non-hydrogen) atoms. The molecule has 0 aliphatic rings. The van der Waals surface area contributed by atoms with Crippen LogP contribution in [-0.2, 0) is 0 Å². The molecular formula is C10H9N5OS. The Labute approximate surface area is 103 Å². The topological polar surface area (TPSA) is 72.8 Å². The summed E-state index contributed by atoms with van der Waals surface area (Å²) in [7, 11) is 1.52. The number of ether oxygens (including phenoxy) is 1. The Morgan fingerprint density at radius 1 is 1.24 bits per heavy atom. The van der Waals surface area contributed by atoms with Gasteiger partial charge in [0.2, 0.25) is 0 Å². The second-order valence-corrected chi connectivity index (χ2v) is 3.24. The molecule has 0 bridgehead atoms. The third-order valence-corrected chi connectivity index (χ3v) is 2.10. The molecular weight excluding hydrogens is 238 g/mol. The number of nitrogens with one attached hydrogen (secondary N) is 1. The highest BCUT2D eigenvalue weighted by Crippen LogP contribution is 2.17. The molecule has 0 saturated heterocycles. The maximum absolute atomic E-state index is 4.88. The van der Waals surface area contributed by atoms with Gasteiger partial charge < -0.3 is 10.1 Å². The number of aromatic nitrogens is 4. The lowest BCUT2D eigenvalue weighted by Crippen LogP contribution is -1.97. The highest BCUT2D eigenvalue weighted by molar-refractivity contribution is 7.79. The van der Waals surface area contributed by atoms with Crippen molar-refractivity contribution in [3.63, 3.8) is 0 Å². The number of thiocarbonyl (C=S) groups is 1. The predicted molar refractivity (Wildman–Crippen MR) is 66.9 cm³/mol. The quantitative estimate of drug-likeness (QED) is 0.816. The van der Waals surface area contributed by atoms with E-state index in [9.17, 15) is 0 Å². The first kappa shape index (κ1) is 11.3. The normalized spacial score (nSPS) is 9.71. The fourth-order valence-electron chi connectivity index (χ4n) is 1.21. The first-order chi connectivity index (χ1) is 8.33. The van der Waals surface area contributed by atoms with Crippen LogP contribution in [-0.4, -0.2) is 32.5 Å². The van der Waals surface area contributed by atoms with Crippen molar-refractivity contribution >= 4 is 23.5 Å². The van der Waals surface area contributed by atoms with Crippen LogP contribution in [0.2, 0.25) is 0 Å². The molecule has 2 aromatic rings. The lowest BCUT2D eigenvalue weighted by atomic mass is 10.2. The Bertz CT molecular complexity index is 516. The van der Waals surface area contributed by atoms with Gasteiger partial charge in [0, 0.05) is 24.0 Å². The SMILES string of the molecule is COc1ncc(-c2cc(NC=S)ncn2)cn1. The van der Waals surface area contributed by atoms with E-state index < -0.39 is 0 Å². The molecule has 2 heterocycles. The second kappa shape index (κ2) is 5.26. The maximum atomic E-state index is 4.88. The summed E-state index contributed by atoms with van der Waals surface area (Å²) in [5.74, 6) is 0.626. The highest BCUT2D eigenvalue weighted by atomic mass is 32.1. The van der Waals surface area contributed by atoms with Crippen molar-refractivity contribution in [2.75, 3.05) is 12.4 Å². The Hall–Kier alpha value is -2.15. The van der Waals surface area contributed by atoms with Crippen LogP contribution in [0.25, 0.3) is 11.3 Å². The number of rotatable bonds is 4. The van der Waals surface area contributed by atoms with Gasteiger partial charge in [0.1, 0.15) is 12.1 Å². The van der Waals surface area contributed by atoms with E-state index >= 15 is 0 Å². The zero-order valence-electron chi connectivity index (χ0n) is 8.99. The first-order valence-electron chi connectivity index (χ1n) is 4.72. The van der Waals surface area contributed by atoms with E-state index in [0.29, 0.717) is 17.5 Å². The van der Waals surface area contributed by atoms with Crippen LogP contribution in [0.4, 0.5) is 5.82 Å². The van der Waals surface area contributed by atoms with Gasteiger partial charge in [-0.15, -0.1) is 0 Å². The van der Waals surface area contributed by atoms with Crippen LogP contribution in [0.3, 0.4) is 0 Å². The lowest BCUT2D eigenvalue weighted by molar-refractivity contribution is 0.380. The molecule has 0 atom stereocenters. The van der Waals surface area contributed by atoms with Crippen LogP contribution in [0, 0.1) is 0 Å². The standard InChI is InChI=1S/C10H9N5OS/c1-16-10-11-3-7(4-12-10)8-2-9(15-6-17)14-5-13-8/h2-6H,1H3,(H,13,14,15,17). The van der Waals surface area contributed by atoms with Gasteiger partial charge in [-0.3, -0.25) is 0 Å². The molecule has 86 valence electrons. The Morgan fingerprint density at radius 2 is 2.00 bits per heavy atom. The minimum Gasteiger partial charge on any atom is -0.467 e. The molecule has 0 unspecified atom stereocenters. The molecule has 0 radical (unpaired) electrons. The van der Waals surface area contributed by atoms with Crippen molar-refractivity contribution in [1.82, 2.24) is 19.9 Å². The molecule has 7 heteroatoms. The number of methoxy groups -OCH3 is 1. The highest BCUT2D eigenvalue weighted by Gasteiger charge is 2.03. The molecule has 0 aliphatic heterocycles. The van der Waals surface area contributed by atoms with Crippen molar-refractivity contribution in [2.24, 2.45) is 0 Å². The van der Waals surface area contributed by atoms with E-state index in [2.05, 4.69) is 37.5 Å². The van der Waals surface area contributed by atoms with Crippen molar-refractivity contribution in [1.29, 1.82) is 0 Å². The molecule has 6 nitrogen and oxygen atoms in total. The molecule has 0 spiro atoms. The third-order valence-electron chi connectivity index (χ3n) is 1.98. The van der Waals surface area contributed by atoms with E-state index in [1.807, 2.05) is 0 Å². The zero-order valence-corrected chi connectivity index (χ0v) is 9.81. The fourth-order valence-corrected chi connectivity index (χ4v) is 1.33.